The van der Waals surface area contributed by atoms with Crippen molar-refractivity contribution in [2.75, 3.05) is 0 Å². The molecule has 0 aliphatic heterocycles. The lowest BCUT2D eigenvalue weighted by atomic mass is 10.0. The molecule has 1 heterocycles. The molecular weight excluding hydrogens is 214 g/mol. The zero-order valence-electron chi connectivity index (χ0n) is 9.86. The summed E-state index contributed by atoms with van der Waals surface area (Å²) in [6, 6.07) is 6.42. The number of hydrogen-bond acceptors (Lipinski definition) is 3. The first-order valence-corrected chi connectivity index (χ1v) is 5.98. The van der Waals surface area contributed by atoms with Crippen LogP contribution in [0.1, 0.15) is 28.9 Å². The van der Waals surface area contributed by atoms with Crippen molar-refractivity contribution in [2.24, 2.45) is 0 Å². The summed E-state index contributed by atoms with van der Waals surface area (Å²) in [5, 5.41) is 13.4. The van der Waals surface area contributed by atoms with Gasteiger partial charge in [0.1, 0.15) is 11.5 Å². The average molecular weight is 229 g/mol. The normalized spacial score (nSPS) is 14.0. The minimum Gasteiger partial charge on any atom is -0.391 e. The van der Waals surface area contributed by atoms with Crippen LogP contribution in [0.15, 0.2) is 22.7 Å². The van der Waals surface area contributed by atoms with Crippen molar-refractivity contribution in [2.45, 2.75) is 32.8 Å². The molecule has 2 aromatic rings. The van der Waals surface area contributed by atoms with Crippen molar-refractivity contribution in [1.82, 2.24) is 5.16 Å². The van der Waals surface area contributed by atoms with Crippen LogP contribution in [-0.4, -0.2) is 10.3 Å². The van der Waals surface area contributed by atoms with Crippen LogP contribution < -0.4 is 0 Å². The lowest BCUT2D eigenvalue weighted by molar-refractivity contribution is 0.278. The molecule has 0 radical (unpaired) electrons. The van der Waals surface area contributed by atoms with Crippen molar-refractivity contribution in [1.29, 1.82) is 0 Å². The number of hydrogen-bond donors (Lipinski definition) is 1. The summed E-state index contributed by atoms with van der Waals surface area (Å²) in [6.45, 7) is 1.80. The van der Waals surface area contributed by atoms with Gasteiger partial charge in [-0.3, -0.25) is 0 Å². The highest BCUT2D eigenvalue weighted by atomic mass is 16.5. The molecule has 1 aromatic carbocycles. The molecule has 88 valence electrons. The van der Waals surface area contributed by atoms with E-state index in [0.29, 0.717) is 5.76 Å². The van der Waals surface area contributed by atoms with E-state index in [9.17, 15) is 5.11 Å². The number of aliphatic hydroxyl groups is 1. The molecule has 3 heteroatoms. The molecule has 0 amide bonds. The van der Waals surface area contributed by atoms with E-state index in [1.54, 1.807) is 0 Å². The molecule has 0 saturated heterocycles. The number of rotatable bonds is 2. The van der Waals surface area contributed by atoms with Gasteiger partial charge in [0.25, 0.3) is 0 Å². The Morgan fingerprint density at radius 3 is 2.94 bits per heavy atom. The van der Waals surface area contributed by atoms with E-state index in [-0.39, 0.29) is 6.61 Å². The minimum atomic E-state index is -0.0260. The monoisotopic (exact) mass is 229 g/mol. The molecule has 0 unspecified atom stereocenters. The van der Waals surface area contributed by atoms with Crippen LogP contribution in [0.3, 0.4) is 0 Å². The van der Waals surface area contributed by atoms with Crippen LogP contribution >= 0.6 is 0 Å². The second kappa shape index (κ2) is 4.00. The Hall–Kier alpha value is -1.61. The molecule has 3 rings (SSSR count). The third kappa shape index (κ3) is 1.67. The zero-order valence-corrected chi connectivity index (χ0v) is 9.86. The van der Waals surface area contributed by atoms with Gasteiger partial charge in [-0.15, -0.1) is 0 Å². The highest BCUT2D eigenvalue weighted by Crippen LogP contribution is 2.30. The number of aryl methyl sites for hydroxylation is 3. The lowest BCUT2D eigenvalue weighted by Crippen LogP contribution is -1.90. The van der Waals surface area contributed by atoms with Crippen molar-refractivity contribution in [3.05, 3.63) is 40.6 Å². The standard InChI is InChI=1S/C14H15NO2/c1-9-13(8-16)14(15-17-9)12-6-5-10-3-2-4-11(10)7-12/h5-7,16H,2-4,8H2,1H3. The molecule has 0 atom stereocenters. The predicted molar refractivity (Wildman–Crippen MR) is 64.6 cm³/mol. The second-order valence-electron chi connectivity index (χ2n) is 4.56. The Morgan fingerprint density at radius 2 is 2.12 bits per heavy atom. The topological polar surface area (TPSA) is 46.3 Å². The Labute approximate surface area is 100 Å². The SMILES string of the molecule is Cc1onc(-c2ccc3c(c2)CCC3)c1CO. The number of benzene rings is 1. The molecule has 0 spiro atoms. The number of aliphatic hydroxyl groups excluding tert-OH is 1. The fraction of sp³-hybridized carbons (Fsp3) is 0.357. The highest BCUT2D eigenvalue weighted by Gasteiger charge is 2.16. The Bertz CT molecular complexity index is 557. The van der Waals surface area contributed by atoms with Gasteiger partial charge in [-0.05, 0) is 43.4 Å². The van der Waals surface area contributed by atoms with Gasteiger partial charge in [-0.25, -0.2) is 0 Å². The molecular formula is C14H15NO2. The molecule has 0 saturated carbocycles. The first kappa shape index (κ1) is 10.5. The van der Waals surface area contributed by atoms with Gasteiger partial charge < -0.3 is 9.63 Å². The molecule has 0 fully saturated rings. The van der Waals surface area contributed by atoms with E-state index in [0.717, 1.165) is 23.2 Å². The minimum absolute atomic E-state index is 0.0260. The molecule has 3 nitrogen and oxygen atoms in total. The molecule has 1 aromatic heterocycles. The van der Waals surface area contributed by atoms with Gasteiger partial charge in [0.05, 0.1) is 6.61 Å². The maximum Gasteiger partial charge on any atom is 0.139 e. The molecule has 1 aliphatic carbocycles. The molecule has 1 N–H and O–H groups in total. The Balaban J connectivity index is 2.09. The summed E-state index contributed by atoms with van der Waals surface area (Å²) in [5.74, 6) is 0.697. The number of aromatic nitrogens is 1. The maximum atomic E-state index is 9.34. The van der Waals surface area contributed by atoms with Crippen molar-refractivity contribution >= 4 is 0 Å². The number of fused-ring (bicyclic) bond motifs is 1. The average Bonchev–Trinajstić information content (AvgIpc) is 2.93. The van der Waals surface area contributed by atoms with E-state index in [4.69, 9.17) is 4.52 Å². The number of nitrogens with zero attached hydrogens (tertiary/aromatic N) is 1. The fourth-order valence-electron chi connectivity index (χ4n) is 2.52. The van der Waals surface area contributed by atoms with Crippen molar-refractivity contribution < 1.29 is 9.63 Å². The van der Waals surface area contributed by atoms with E-state index >= 15 is 0 Å². The van der Waals surface area contributed by atoms with Gasteiger partial charge in [0, 0.05) is 11.1 Å². The maximum absolute atomic E-state index is 9.34. The van der Waals surface area contributed by atoms with Crippen molar-refractivity contribution in [3.8, 4) is 11.3 Å². The summed E-state index contributed by atoms with van der Waals surface area (Å²) >= 11 is 0. The van der Waals surface area contributed by atoms with Crippen molar-refractivity contribution in [3.63, 3.8) is 0 Å². The Morgan fingerprint density at radius 1 is 1.29 bits per heavy atom. The zero-order chi connectivity index (χ0) is 11.8. The van der Waals surface area contributed by atoms with E-state index in [1.807, 2.05) is 6.92 Å². The van der Waals surface area contributed by atoms with E-state index < -0.39 is 0 Å². The second-order valence-corrected chi connectivity index (χ2v) is 4.56. The molecule has 1 aliphatic rings. The van der Waals surface area contributed by atoms with Gasteiger partial charge in [0.2, 0.25) is 0 Å². The summed E-state index contributed by atoms with van der Waals surface area (Å²) in [4.78, 5) is 0. The Kier molecular flexibility index (Phi) is 2.48. The fourth-order valence-corrected chi connectivity index (χ4v) is 2.52. The highest BCUT2D eigenvalue weighted by molar-refractivity contribution is 5.65. The lowest BCUT2D eigenvalue weighted by Gasteiger charge is -2.03. The van der Waals surface area contributed by atoms with Crippen LogP contribution in [0.2, 0.25) is 0 Å². The quantitative estimate of drug-likeness (QED) is 0.861. The summed E-state index contributed by atoms with van der Waals surface area (Å²) in [7, 11) is 0. The van der Waals surface area contributed by atoms with Gasteiger partial charge in [-0.2, -0.15) is 0 Å². The smallest absolute Gasteiger partial charge is 0.139 e. The summed E-state index contributed by atoms with van der Waals surface area (Å²) in [5.41, 5.74) is 5.47. The first-order chi connectivity index (χ1) is 8.29. The van der Waals surface area contributed by atoms with Gasteiger partial charge >= 0.3 is 0 Å². The predicted octanol–water partition coefficient (Wildman–Crippen LogP) is 2.63. The van der Waals surface area contributed by atoms with Crippen LogP contribution in [0.5, 0.6) is 0 Å². The van der Waals surface area contributed by atoms with Crippen LogP contribution in [0.4, 0.5) is 0 Å². The van der Waals surface area contributed by atoms with E-state index in [1.165, 1.54) is 24.0 Å². The third-order valence-electron chi connectivity index (χ3n) is 3.51. The summed E-state index contributed by atoms with van der Waals surface area (Å²) < 4.78 is 5.15. The third-order valence-corrected chi connectivity index (χ3v) is 3.51. The largest absolute Gasteiger partial charge is 0.391 e. The van der Waals surface area contributed by atoms with Gasteiger partial charge in [-0.1, -0.05) is 17.3 Å². The molecule has 0 bridgehead atoms. The van der Waals surface area contributed by atoms with Crippen LogP contribution in [-0.2, 0) is 19.4 Å². The van der Waals surface area contributed by atoms with E-state index in [2.05, 4.69) is 23.4 Å². The van der Waals surface area contributed by atoms with Crippen LogP contribution in [0, 0.1) is 6.92 Å². The first-order valence-electron chi connectivity index (χ1n) is 5.98. The van der Waals surface area contributed by atoms with Crippen LogP contribution in [0.25, 0.3) is 11.3 Å². The van der Waals surface area contributed by atoms with Gasteiger partial charge in [0.15, 0.2) is 0 Å². The summed E-state index contributed by atoms with van der Waals surface area (Å²) in [6.07, 6.45) is 3.57. The molecule has 17 heavy (non-hydrogen) atoms.